The highest BCUT2D eigenvalue weighted by Crippen LogP contribution is 2.30. The van der Waals surface area contributed by atoms with Crippen LogP contribution in [0.5, 0.6) is 0 Å². The van der Waals surface area contributed by atoms with Crippen LogP contribution in [0, 0.1) is 11.8 Å². The lowest BCUT2D eigenvalue weighted by Crippen LogP contribution is -2.11. The number of rotatable bonds is 5. The van der Waals surface area contributed by atoms with Gasteiger partial charge in [-0.3, -0.25) is 0 Å². The largest absolute Gasteiger partial charge is 0.0991 e. The Balaban J connectivity index is 2.30. The molecule has 0 bridgehead atoms. The number of hydrogen-bond acceptors (Lipinski definition) is 0. The van der Waals surface area contributed by atoms with Gasteiger partial charge >= 0.3 is 0 Å². The minimum Gasteiger partial charge on any atom is -0.0991 e. The standard InChI is InChI=1S/C16H26/c1-4-7-15(5-2)8-6-9-16-12-10-14(3)11-13-16/h4,6-8,14,16H,1,5,9-13H2,2-3H3/b8-6-,15-7-. The Kier molecular flexibility index (Phi) is 6.22. The van der Waals surface area contributed by atoms with Crippen molar-refractivity contribution in [3.63, 3.8) is 0 Å². The van der Waals surface area contributed by atoms with Crippen LogP contribution in [0.2, 0.25) is 0 Å². The third kappa shape index (κ3) is 4.83. The van der Waals surface area contributed by atoms with Crippen molar-refractivity contribution in [1.82, 2.24) is 0 Å². The summed E-state index contributed by atoms with van der Waals surface area (Å²) in [5.41, 5.74) is 1.39. The summed E-state index contributed by atoms with van der Waals surface area (Å²) >= 11 is 0. The summed E-state index contributed by atoms with van der Waals surface area (Å²) in [5.74, 6) is 1.90. The van der Waals surface area contributed by atoms with E-state index < -0.39 is 0 Å². The van der Waals surface area contributed by atoms with Crippen molar-refractivity contribution in [3.8, 4) is 0 Å². The third-order valence-electron chi connectivity index (χ3n) is 3.68. The molecule has 0 radical (unpaired) electrons. The second-order valence-corrected chi connectivity index (χ2v) is 5.09. The Morgan fingerprint density at radius 2 is 1.94 bits per heavy atom. The molecule has 0 aromatic carbocycles. The van der Waals surface area contributed by atoms with E-state index in [9.17, 15) is 0 Å². The summed E-state index contributed by atoms with van der Waals surface area (Å²) < 4.78 is 0. The fraction of sp³-hybridized carbons (Fsp3) is 0.625. The normalized spacial score (nSPS) is 27.2. The van der Waals surface area contributed by atoms with Gasteiger partial charge in [0.1, 0.15) is 0 Å². The van der Waals surface area contributed by atoms with Crippen molar-refractivity contribution in [3.05, 3.63) is 36.5 Å². The molecule has 0 unspecified atom stereocenters. The van der Waals surface area contributed by atoms with E-state index in [0.29, 0.717) is 0 Å². The van der Waals surface area contributed by atoms with Crippen molar-refractivity contribution >= 4 is 0 Å². The smallest absolute Gasteiger partial charge is 0.0308 e. The molecule has 0 aromatic rings. The molecule has 0 amide bonds. The van der Waals surface area contributed by atoms with Gasteiger partial charge < -0.3 is 0 Å². The third-order valence-corrected chi connectivity index (χ3v) is 3.68. The SMILES string of the molecule is C=C/C=C(\C=C/CC1CCC(C)CC1)CC. The average Bonchev–Trinajstić information content (AvgIpc) is 2.30. The Hall–Kier alpha value is -0.780. The highest BCUT2D eigenvalue weighted by Gasteiger charge is 2.16. The van der Waals surface area contributed by atoms with E-state index in [0.717, 1.165) is 18.3 Å². The highest BCUT2D eigenvalue weighted by atomic mass is 14.2. The van der Waals surface area contributed by atoms with Gasteiger partial charge in [0.05, 0.1) is 0 Å². The molecule has 1 rings (SSSR count). The topological polar surface area (TPSA) is 0 Å². The summed E-state index contributed by atoms with van der Waals surface area (Å²) in [6, 6.07) is 0. The molecule has 1 aliphatic rings. The lowest BCUT2D eigenvalue weighted by atomic mass is 9.81. The van der Waals surface area contributed by atoms with E-state index in [1.165, 1.54) is 37.7 Å². The second-order valence-electron chi connectivity index (χ2n) is 5.09. The van der Waals surface area contributed by atoms with Crippen LogP contribution in [0.15, 0.2) is 36.5 Å². The predicted octanol–water partition coefficient (Wildman–Crippen LogP) is 5.28. The quantitative estimate of drug-likeness (QED) is 0.551. The average molecular weight is 218 g/mol. The fourth-order valence-electron chi connectivity index (χ4n) is 2.42. The molecule has 0 saturated heterocycles. The van der Waals surface area contributed by atoms with E-state index in [4.69, 9.17) is 0 Å². The maximum Gasteiger partial charge on any atom is -0.0308 e. The van der Waals surface area contributed by atoms with Gasteiger partial charge in [-0.25, -0.2) is 0 Å². The molecule has 0 spiro atoms. The first-order valence-electron chi connectivity index (χ1n) is 6.74. The van der Waals surface area contributed by atoms with Gasteiger partial charge in [-0.1, -0.05) is 57.6 Å². The molecule has 0 heteroatoms. The molecule has 0 atom stereocenters. The molecule has 1 aliphatic carbocycles. The fourth-order valence-corrected chi connectivity index (χ4v) is 2.42. The van der Waals surface area contributed by atoms with Gasteiger partial charge in [-0.2, -0.15) is 0 Å². The Morgan fingerprint density at radius 3 is 2.50 bits per heavy atom. The highest BCUT2D eigenvalue weighted by molar-refractivity contribution is 5.22. The lowest BCUT2D eigenvalue weighted by molar-refractivity contribution is 0.292. The minimum atomic E-state index is 0.939. The van der Waals surface area contributed by atoms with Gasteiger partial charge in [0.25, 0.3) is 0 Å². The zero-order valence-electron chi connectivity index (χ0n) is 10.9. The summed E-state index contributed by atoms with van der Waals surface area (Å²) in [6.07, 6.45) is 16.7. The van der Waals surface area contributed by atoms with Gasteiger partial charge in [-0.05, 0) is 43.1 Å². The first-order valence-corrected chi connectivity index (χ1v) is 6.74. The molecule has 16 heavy (non-hydrogen) atoms. The molecule has 90 valence electrons. The first kappa shape index (κ1) is 13.3. The first-order chi connectivity index (χ1) is 7.76. The molecule has 1 fully saturated rings. The lowest BCUT2D eigenvalue weighted by Gasteiger charge is -2.25. The van der Waals surface area contributed by atoms with E-state index in [1.807, 2.05) is 6.08 Å². The molecule has 0 heterocycles. The summed E-state index contributed by atoms with van der Waals surface area (Å²) in [5, 5.41) is 0. The van der Waals surface area contributed by atoms with Crippen molar-refractivity contribution in [1.29, 1.82) is 0 Å². The van der Waals surface area contributed by atoms with Gasteiger partial charge in [-0.15, -0.1) is 0 Å². The van der Waals surface area contributed by atoms with Gasteiger partial charge in [0.15, 0.2) is 0 Å². The van der Waals surface area contributed by atoms with Crippen molar-refractivity contribution in [2.75, 3.05) is 0 Å². The Bertz CT molecular complexity index is 249. The van der Waals surface area contributed by atoms with Crippen molar-refractivity contribution in [2.24, 2.45) is 11.8 Å². The monoisotopic (exact) mass is 218 g/mol. The summed E-state index contributed by atoms with van der Waals surface area (Å²) in [7, 11) is 0. The Labute approximate surface area is 101 Å². The molecule has 0 N–H and O–H groups in total. The van der Waals surface area contributed by atoms with Crippen LogP contribution in [0.25, 0.3) is 0 Å². The molecule has 0 aromatic heterocycles. The van der Waals surface area contributed by atoms with Crippen LogP contribution in [-0.2, 0) is 0 Å². The van der Waals surface area contributed by atoms with E-state index in [-0.39, 0.29) is 0 Å². The summed E-state index contributed by atoms with van der Waals surface area (Å²) in [6.45, 7) is 8.32. The molecular weight excluding hydrogens is 192 g/mol. The Morgan fingerprint density at radius 1 is 1.25 bits per heavy atom. The minimum absolute atomic E-state index is 0.939. The van der Waals surface area contributed by atoms with Crippen LogP contribution in [0.1, 0.15) is 52.4 Å². The number of allylic oxidation sites excluding steroid dienone is 5. The van der Waals surface area contributed by atoms with Crippen molar-refractivity contribution in [2.45, 2.75) is 52.4 Å². The maximum atomic E-state index is 3.74. The van der Waals surface area contributed by atoms with Crippen LogP contribution in [0.4, 0.5) is 0 Å². The van der Waals surface area contributed by atoms with Crippen LogP contribution >= 0.6 is 0 Å². The van der Waals surface area contributed by atoms with Crippen LogP contribution in [0.3, 0.4) is 0 Å². The van der Waals surface area contributed by atoms with Crippen LogP contribution in [-0.4, -0.2) is 0 Å². The van der Waals surface area contributed by atoms with E-state index in [1.54, 1.807) is 0 Å². The zero-order valence-corrected chi connectivity index (χ0v) is 10.9. The molecular formula is C16H26. The predicted molar refractivity (Wildman–Crippen MR) is 73.5 cm³/mol. The van der Waals surface area contributed by atoms with E-state index in [2.05, 4.69) is 38.7 Å². The van der Waals surface area contributed by atoms with E-state index >= 15 is 0 Å². The summed E-state index contributed by atoms with van der Waals surface area (Å²) in [4.78, 5) is 0. The van der Waals surface area contributed by atoms with Gasteiger partial charge in [0.2, 0.25) is 0 Å². The van der Waals surface area contributed by atoms with Crippen molar-refractivity contribution < 1.29 is 0 Å². The maximum absolute atomic E-state index is 3.74. The second kappa shape index (κ2) is 7.49. The molecule has 1 saturated carbocycles. The molecule has 0 aliphatic heterocycles. The van der Waals surface area contributed by atoms with Crippen LogP contribution < -0.4 is 0 Å². The molecule has 0 nitrogen and oxygen atoms in total. The zero-order chi connectivity index (χ0) is 11.8. The number of hydrogen-bond donors (Lipinski definition) is 0. The van der Waals surface area contributed by atoms with Gasteiger partial charge in [0, 0.05) is 0 Å².